The minimum Gasteiger partial charge on any atom is -0.481 e. The van der Waals surface area contributed by atoms with E-state index < -0.39 is 5.97 Å². The van der Waals surface area contributed by atoms with Gasteiger partial charge in [-0.3, -0.25) is 9.59 Å². The highest BCUT2D eigenvalue weighted by atomic mass is 16.5. The van der Waals surface area contributed by atoms with Gasteiger partial charge in [-0.15, -0.1) is 0 Å². The summed E-state index contributed by atoms with van der Waals surface area (Å²) >= 11 is 0. The maximum Gasteiger partial charge on any atom is 0.303 e. The zero-order valence-electron chi connectivity index (χ0n) is 13.1. The molecule has 1 aliphatic heterocycles. The topological polar surface area (TPSA) is 78.9 Å². The van der Waals surface area contributed by atoms with Crippen LogP contribution in [0.4, 0.5) is 0 Å². The fourth-order valence-electron chi connectivity index (χ4n) is 2.49. The van der Waals surface area contributed by atoms with Gasteiger partial charge in [-0.25, -0.2) is 0 Å². The van der Waals surface area contributed by atoms with E-state index in [0.29, 0.717) is 26.0 Å². The molecule has 1 heterocycles. The molecule has 0 aromatic heterocycles. The molecule has 1 saturated heterocycles. The number of hydrogen-bond acceptors (Lipinski definition) is 4. The standard InChI is InChI=1S/C15H28N2O4/c1-12(2)17(10-3-4-15(19)20)14(18)7-11-21-13-5-8-16-9-6-13/h12-13,16H,3-11H2,1-2H3,(H,19,20). The second-order valence-corrected chi connectivity index (χ2v) is 5.75. The Hall–Kier alpha value is -1.14. The summed E-state index contributed by atoms with van der Waals surface area (Å²) in [5.41, 5.74) is 0. The number of carboxylic acid groups (broad SMARTS) is 1. The third-order valence-corrected chi connectivity index (χ3v) is 3.69. The monoisotopic (exact) mass is 300 g/mol. The van der Waals surface area contributed by atoms with Gasteiger partial charge in [-0.2, -0.15) is 0 Å². The fourth-order valence-corrected chi connectivity index (χ4v) is 2.49. The van der Waals surface area contributed by atoms with E-state index in [0.717, 1.165) is 25.9 Å². The van der Waals surface area contributed by atoms with E-state index in [9.17, 15) is 9.59 Å². The molecule has 0 aromatic rings. The number of nitrogens with one attached hydrogen (secondary N) is 1. The molecule has 1 fully saturated rings. The largest absolute Gasteiger partial charge is 0.481 e. The average molecular weight is 300 g/mol. The highest BCUT2D eigenvalue weighted by Gasteiger charge is 2.18. The summed E-state index contributed by atoms with van der Waals surface area (Å²) < 4.78 is 5.74. The minimum absolute atomic E-state index is 0.0457. The van der Waals surface area contributed by atoms with Crippen LogP contribution in [0, 0.1) is 0 Å². The first-order chi connectivity index (χ1) is 10.0. The van der Waals surface area contributed by atoms with Crippen LogP contribution in [0.5, 0.6) is 0 Å². The van der Waals surface area contributed by atoms with Crippen molar-refractivity contribution in [2.24, 2.45) is 0 Å². The van der Waals surface area contributed by atoms with Gasteiger partial charge in [0.2, 0.25) is 5.91 Å². The highest BCUT2D eigenvalue weighted by molar-refractivity contribution is 5.76. The second-order valence-electron chi connectivity index (χ2n) is 5.75. The van der Waals surface area contributed by atoms with Gasteiger partial charge < -0.3 is 20.1 Å². The van der Waals surface area contributed by atoms with E-state index in [1.165, 1.54) is 0 Å². The van der Waals surface area contributed by atoms with Crippen LogP contribution in [-0.4, -0.2) is 60.3 Å². The van der Waals surface area contributed by atoms with Gasteiger partial charge in [0.1, 0.15) is 0 Å². The number of aliphatic carboxylic acids is 1. The number of hydrogen-bond donors (Lipinski definition) is 2. The predicted octanol–water partition coefficient (Wildman–Crippen LogP) is 1.25. The SMILES string of the molecule is CC(C)N(CCCC(=O)O)C(=O)CCOC1CCNCC1. The molecule has 122 valence electrons. The molecule has 2 N–H and O–H groups in total. The van der Waals surface area contributed by atoms with Crippen LogP contribution in [-0.2, 0) is 14.3 Å². The third-order valence-electron chi connectivity index (χ3n) is 3.69. The van der Waals surface area contributed by atoms with Crippen molar-refractivity contribution in [2.75, 3.05) is 26.2 Å². The average Bonchev–Trinajstić information content (AvgIpc) is 2.44. The van der Waals surface area contributed by atoms with Crippen molar-refractivity contribution in [3.8, 4) is 0 Å². The zero-order chi connectivity index (χ0) is 15.7. The highest BCUT2D eigenvalue weighted by Crippen LogP contribution is 2.09. The molecule has 6 nitrogen and oxygen atoms in total. The number of piperidine rings is 1. The normalized spacial score (nSPS) is 16.1. The van der Waals surface area contributed by atoms with E-state index in [4.69, 9.17) is 9.84 Å². The van der Waals surface area contributed by atoms with E-state index in [1.54, 1.807) is 4.90 Å². The van der Waals surface area contributed by atoms with Crippen molar-refractivity contribution in [1.82, 2.24) is 10.2 Å². The third kappa shape index (κ3) is 7.43. The molecular formula is C15H28N2O4. The van der Waals surface area contributed by atoms with Gasteiger partial charge in [-0.05, 0) is 46.2 Å². The van der Waals surface area contributed by atoms with Crippen molar-refractivity contribution in [3.63, 3.8) is 0 Å². The molecule has 0 spiro atoms. The number of ether oxygens (including phenoxy) is 1. The van der Waals surface area contributed by atoms with Gasteiger partial charge >= 0.3 is 5.97 Å². The van der Waals surface area contributed by atoms with Crippen LogP contribution < -0.4 is 5.32 Å². The molecule has 0 bridgehead atoms. The van der Waals surface area contributed by atoms with Crippen LogP contribution >= 0.6 is 0 Å². The first-order valence-corrected chi connectivity index (χ1v) is 7.84. The van der Waals surface area contributed by atoms with Gasteiger partial charge in [0.25, 0.3) is 0 Å². The Morgan fingerprint density at radius 3 is 2.52 bits per heavy atom. The maximum absolute atomic E-state index is 12.2. The Bertz CT molecular complexity index is 328. The summed E-state index contributed by atoms with van der Waals surface area (Å²) in [6.45, 7) is 6.80. The molecule has 1 aliphatic rings. The lowest BCUT2D eigenvalue weighted by molar-refractivity contribution is -0.139. The van der Waals surface area contributed by atoms with Crippen molar-refractivity contribution < 1.29 is 19.4 Å². The van der Waals surface area contributed by atoms with Crippen molar-refractivity contribution in [3.05, 3.63) is 0 Å². The van der Waals surface area contributed by atoms with Gasteiger partial charge in [-0.1, -0.05) is 0 Å². The molecule has 6 heteroatoms. The molecular weight excluding hydrogens is 272 g/mol. The van der Waals surface area contributed by atoms with Crippen molar-refractivity contribution in [1.29, 1.82) is 0 Å². The summed E-state index contributed by atoms with van der Waals surface area (Å²) in [6.07, 6.45) is 3.23. The Balaban J connectivity index is 2.26. The Kier molecular flexibility index (Phi) is 8.30. The number of carbonyl (C=O) groups excluding carboxylic acids is 1. The van der Waals surface area contributed by atoms with Gasteiger partial charge in [0.05, 0.1) is 19.1 Å². The lowest BCUT2D eigenvalue weighted by atomic mass is 10.1. The number of carbonyl (C=O) groups is 2. The number of amides is 1. The summed E-state index contributed by atoms with van der Waals surface area (Å²) in [5, 5.41) is 11.9. The lowest BCUT2D eigenvalue weighted by Gasteiger charge is -2.27. The lowest BCUT2D eigenvalue weighted by Crippen LogP contribution is -2.39. The molecule has 1 rings (SSSR count). The van der Waals surface area contributed by atoms with Crippen molar-refractivity contribution in [2.45, 2.75) is 58.1 Å². The van der Waals surface area contributed by atoms with Crippen LogP contribution in [0.1, 0.15) is 46.0 Å². The van der Waals surface area contributed by atoms with Crippen LogP contribution in [0.3, 0.4) is 0 Å². The molecule has 0 unspecified atom stereocenters. The zero-order valence-corrected chi connectivity index (χ0v) is 13.1. The Morgan fingerprint density at radius 2 is 1.95 bits per heavy atom. The second kappa shape index (κ2) is 9.73. The number of carboxylic acids is 1. The number of rotatable bonds is 9. The van der Waals surface area contributed by atoms with Crippen molar-refractivity contribution >= 4 is 11.9 Å². The summed E-state index contributed by atoms with van der Waals surface area (Å²) in [6, 6.07) is 0.0881. The molecule has 1 amide bonds. The summed E-state index contributed by atoms with van der Waals surface area (Å²) in [4.78, 5) is 24.5. The van der Waals surface area contributed by atoms with E-state index in [1.807, 2.05) is 13.8 Å². The first kappa shape index (κ1) is 17.9. The van der Waals surface area contributed by atoms with Crippen LogP contribution in [0.15, 0.2) is 0 Å². The van der Waals surface area contributed by atoms with E-state index in [-0.39, 0.29) is 24.5 Å². The summed E-state index contributed by atoms with van der Waals surface area (Å²) in [7, 11) is 0. The molecule has 0 aromatic carbocycles. The molecule has 0 saturated carbocycles. The van der Waals surface area contributed by atoms with E-state index in [2.05, 4.69) is 5.32 Å². The molecule has 0 atom stereocenters. The van der Waals surface area contributed by atoms with Gasteiger partial charge in [0, 0.05) is 19.0 Å². The minimum atomic E-state index is -0.819. The summed E-state index contributed by atoms with van der Waals surface area (Å²) in [5.74, 6) is -0.773. The quantitative estimate of drug-likeness (QED) is 0.670. The van der Waals surface area contributed by atoms with Gasteiger partial charge in [0.15, 0.2) is 0 Å². The molecule has 21 heavy (non-hydrogen) atoms. The molecule has 0 radical (unpaired) electrons. The van der Waals surface area contributed by atoms with Crippen LogP contribution in [0.25, 0.3) is 0 Å². The van der Waals surface area contributed by atoms with E-state index >= 15 is 0 Å². The number of nitrogens with zero attached hydrogens (tertiary/aromatic N) is 1. The maximum atomic E-state index is 12.2. The van der Waals surface area contributed by atoms with Crippen LogP contribution in [0.2, 0.25) is 0 Å². The first-order valence-electron chi connectivity index (χ1n) is 7.84. The fraction of sp³-hybridized carbons (Fsp3) is 0.867. The molecule has 0 aliphatic carbocycles. The smallest absolute Gasteiger partial charge is 0.303 e. The Labute approximate surface area is 126 Å². The predicted molar refractivity (Wildman–Crippen MR) is 80.2 cm³/mol. The Morgan fingerprint density at radius 1 is 1.29 bits per heavy atom.